The van der Waals surface area contributed by atoms with Crippen molar-refractivity contribution in [3.05, 3.63) is 47.7 Å². The number of carbonyl (C=O) groups excluding carboxylic acids is 2. The summed E-state index contributed by atoms with van der Waals surface area (Å²) >= 11 is 0. The predicted molar refractivity (Wildman–Crippen MR) is 105 cm³/mol. The molecule has 2 aliphatic rings. The Morgan fingerprint density at radius 2 is 2.03 bits per heavy atom. The van der Waals surface area contributed by atoms with Crippen LogP contribution in [0.1, 0.15) is 47.1 Å². The Kier molecular flexibility index (Phi) is 5.54. The minimum absolute atomic E-state index is 0.0211. The van der Waals surface area contributed by atoms with E-state index in [0.29, 0.717) is 50.3 Å². The molecule has 0 bridgehead atoms. The molecule has 1 atom stereocenters. The minimum atomic E-state index is -0.672. The second kappa shape index (κ2) is 8.42. The van der Waals surface area contributed by atoms with E-state index in [0.717, 1.165) is 5.56 Å². The molecule has 10 heteroatoms. The summed E-state index contributed by atoms with van der Waals surface area (Å²) in [6.07, 6.45) is 6.62. The quantitative estimate of drug-likeness (QED) is 0.791. The largest absolute Gasteiger partial charge is 0.363 e. The highest BCUT2D eigenvalue weighted by Gasteiger charge is 2.37. The summed E-state index contributed by atoms with van der Waals surface area (Å²) in [6.45, 7) is 1.69. The first kappa shape index (κ1) is 19.7. The Balaban J connectivity index is 1.42. The lowest BCUT2D eigenvalue weighted by Crippen LogP contribution is -2.42. The predicted octanol–water partition coefficient (Wildman–Crippen LogP) is 0.964. The second-order valence-electron chi connectivity index (χ2n) is 7.28. The van der Waals surface area contributed by atoms with Gasteiger partial charge in [0.05, 0.1) is 18.2 Å². The fraction of sp³-hybridized carbons (Fsp3) is 0.400. The minimum Gasteiger partial charge on any atom is -0.363 e. The van der Waals surface area contributed by atoms with Crippen LogP contribution in [0.15, 0.2) is 30.7 Å². The summed E-state index contributed by atoms with van der Waals surface area (Å²) in [5.74, 6) is -0.299. The summed E-state index contributed by atoms with van der Waals surface area (Å²) in [4.78, 5) is 44.3. The van der Waals surface area contributed by atoms with Gasteiger partial charge in [-0.15, -0.1) is 0 Å². The number of aromatic nitrogens is 3. The third-order valence-electron chi connectivity index (χ3n) is 5.42. The molecule has 0 aliphatic carbocycles. The fourth-order valence-corrected chi connectivity index (χ4v) is 3.87. The van der Waals surface area contributed by atoms with Gasteiger partial charge in [-0.05, 0) is 30.5 Å². The molecule has 2 aromatic heterocycles. The summed E-state index contributed by atoms with van der Waals surface area (Å²) in [6, 6.07) is 5.31. The van der Waals surface area contributed by atoms with Crippen LogP contribution in [0.5, 0.6) is 0 Å². The van der Waals surface area contributed by atoms with Crippen LogP contribution in [0.4, 0.5) is 5.82 Å². The van der Waals surface area contributed by atoms with Crippen LogP contribution in [0.2, 0.25) is 0 Å². The van der Waals surface area contributed by atoms with Crippen LogP contribution in [0.25, 0.3) is 0 Å². The van der Waals surface area contributed by atoms with Gasteiger partial charge in [0.25, 0.3) is 5.91 Å². The first-order valence-electron chi connectivity index (χ1n) is 9.75. The van der Waals surface area contributed by atoms with Crippen molar-refractivity contribution in [3.63, 3.8) is 0 Å². The van der Waals surface area contributed by atoms with Gasteiger partial charge < -0.3 is 10.6 Å². The lowest BCUT2D eigenvalue weighted by Gasteiger charge is -2.34. The zero-order chi connectivity index (χ0) is 21.1. The normalized spacial score (nSPS) is 19.5. The molecule has 2 amide bonds. The molecule has 0 spiro atoms. The van der Waals surface area contributed by atoms with Crippen LogP contribution in [-0.4, -0.2) is 51.5 Å². The van der Waals surface area contributed by atoms with Gasteiger partial charge in [0, 0.05) is 44.0 Å². The molecule has 2 N–H and O–H groups in total. The molecule has 2 fully saturated rings. The molecule has 0 aromatic carbocycles. The molecule has 2 aliphatic heterocycles. The van der Waals surface area contributed by atoms with Crippen molar-refractivity contribution >= 4 is 17.6 Å². The number of hydrogen-bond acceptors (Lipinski definition) is 8. The number of nitrogens with zero attached hydrogens (tertiary/aromatic N) is 6. The van der Waals surface area contributed by atoms with E-state index in [2.05, 4.69) is 21.0 Å². The van der Waals surface area contributed by atoms with Crippen LogP contribution in [-0.2, 0) is 9.63 Å². The van der Waals surface area contributed by atoms with Crippen LogP contribution < -0.4 is 10.6 Å². The lowest BCUT2D eigenvalue weighted by atomic mass is 9.94. The third kappa shape index (κ3) is 3.92. The number of hydrogen-bond donors (Lipinski definition) is 1. The number of nitrogens with two attached hydrogens (primary N) is 1. The van der Waals surface area contributed by atoms with Crippen LogP contribution >= 0.6 is 0 Å². The lowest BCUT2D eigenvalue weighted by molar-refractivity contribution is -0.182. The van der Waals surface area contributed by atoms with E-state index in [-0.39, 0.29) is 23.7 Å². The highest BCUT2D eigenvalue weighted by atomic mass is 16.7. The highest BCUT2D eigenvalue weighted by molar-refractivity contribution is 5.89. The SMILES string of the molecule is N#Cc1cncc([C@@H]2CCON2C(=O)C2CCN(c3ccnc(C(N)=O)n3)CC2)c1. The number of primary amides is 1. The van der Waals surface area contributed by atoms with E-state index in [4.69, 9.17) is 15.8 Å². The molecule has 0 unspecified atom stereocenters. The molecular weight excluding hydrogens is 386 g/mol. The van der Waals surface area contributed by atoms with Crippen molar-refractivity contribution in [2.24, 2.45) is 11.7 Å². The van der Waals surface area contributed by atoms with Gasteiger partial charge in [-0.25, -0.2) is 15.0 Å². The first-order valence-corrected chi connectivity index (χ1v) is 9.75. The summed E-state index contributed by atoms with van der Waals surface area (Å²) in [5, 5.41) is 10.6. The van der Waals surface area contributed by atoms with Gasteiger partial charge in [-0.3, -0.25) is 19.4 Å². The van der Waals surface area contributed by atoms with Crippen molar-refractivity contribution in [1.29, 1.82) is 5.26 Å². The second-order valence-corrected chi connectivity index (χ2v) is 7.28. The number of rotatable bonds is 4. The summed E-state index contributed by atoms with van der Waals surface area (Å²) in [7, 11) is 0. The smallest absolute Gasteiger partial charge is 0.286 e. The number of carbonyl (C=O) groups is 2. The average Bonchev–Trinajstić information content (AvgIpc) is 3.29. The van der Waals surface area contributed by atoms with Gasteiger partial charge in [-0.1, -0.05) is 0 Å². The van der Waals surface area contributed by atoms with Gasteiger partial charge in [0.1, 0.15) is 11.9 Å². The Bertz CT molecular complexity index is 998. The van der Waals surface area contributed by atoms with Gasteiger partial charge in [-0.2, -0.15) is 5.26 Å². The van der Waals surface area contributed by atoms with E-state index in [1.807, 2.05) is 4.90 Å². The van der Waals surface area contributed by atoms with E-state index in [1.54, 1.807) is 18.3 Å². The standard InChI is InChI=1S/C20H21N7O3/c21-10-13-9-15(12-23-11-13)16-4-8-30-27(16)20(29)14-2-6-26(7-3-14)17-1-5-24-19(25-17)18(22)28/h1,5,9,11-12,14,16H,2-4,6-8H2,(H2,22,28)/t16-/m0/s1. The van der Waals surface area contributed by atoms with E-state index < -0.39 is 5.91 Å². The monoisotopic (exact) mass is 407 g/mol. The Morgan fingerprint density at radius 3 is 2.77 bits per heavy atom. The van der Waals surface area contributed by atoms with Gasteiger partial charge in [0.15, 0.2) is 0 Å². The molecular formula is C20H21N7O3. The average molecular weight is 407 g/mol. The highest BCUT2D eigenvalue weighted by Crippen LogP contribution is 2.33. The Morgan fingerprint density at radius 1 is 1.23 bits per heavy atom. The number of hydroxylamine groups is 2. The third-order valence-corrected chi connectivity index (χ3v) is 5.42. The summed E-state index contributed by atoms with van der Waals surface area (Å²) in [5.41, 5.74) is 6.52. The topological polar surface area (TPSA) is 138 Å². The van der Waals surface area contributed by atoms with Crippen molar-refractivity contribution in [3.8, 4) is 6.07 Å². The zero-order valence-electron chi connectivity index (χ0n) is 16.3. The number of anilines is 1. The van der Waals surface area contributed by atoms with Crippen molar-refractivity contribution in [2.75, 3.05) is 24.6 Å². The van der Waals surface area contributed by atoms with Crippen LogP contribution in [0.3, 0.4) is 0 Å². The molecule has 2 saturated heterocycles. The molecule has 154 valence electrons. The Hall–Kier alpha value is -3.58. The summed E-state index contributed by atoms with van der Waals surface area (Å²) < 4.78 is 0. The number of amides is 2. The first-order chi connectivity index (χ1) is 14.6. The maximum Gasteiger partial charge on any atom is 0.286 e. The maximum absolute atomic E-state index is 13.1. The molecule has 30 heavy (non-hydrogen) atoms. The van der Waals surface area contributed by atoms with Gasteiger partial charge >= 0.3 is 0 Å². The van der Waals surface area contributed by atoms with Crippen LogP contribution in [0, 0.1) is 17.2 Å². The van der Waals surface area contributed by atoms with E-state index in [1.165, 1.54) is 17.5 Å². The fourth-order valence-electron chi connectivity index (χ4n) is 3.87. The zero-order valence-corrected chi connectivity index (χ0v) is 16.3. The van der Waals surface area contributed by atoms with E-state index in [9.17, 15) is 9.59 Å². The molecule has 2 aromatic rings. The molecule has 0 saturated carbocycles. The van der Waals surface area contributed by atoms with E-state index >= 15 is 0 Å². The van der Waals surface area contributed by atoms with Crippen molar-refractivity contribution in [2.45, 2.75) is 25.3 Å². The number of nitriles is 1. The molecule has 4 rings (SSSR count). The number of piperidine rings is 1. The van der Waals surface area contributed by atoms with Crippen molar-refractivity contribution in [1.82, 2.24) is 20.0 Å². The Labute approximate surface area is 173 Å². The molecule has 10 nitrogen and oxygen atoms in total. The van der Waals surface area contributed by atoms with Gasteiger partial charge in [0.2, 0.25) is 11.7 Å². The maximum atomic E-state index is 13.1. The molecule has 4 heterocycles. The number of pyridine rings is 1. The van der Waals surface area contributed by atoms with Crippen molar-refractivity contribution < 1.29 is 14.4 Å². The molecule has 0 radical (unpaired) electrons.